The molecule has 0 radical (unpaired) electrons. The predicted molar refractivity (Wildman–Crippen MR) is 73.3 cm³/mol. The molecule has 0 aromatic rings. The van der Waals surface area contributed by atoms with Crippen LogP contribution in [0.3, 0.4) is 0 Å². The minimum atomic E-state index is -0.929. The van der Waals surface area contributed by atoms with Crippen LogP contribution in [-0.4, -0.2) is 54.7 Å². The number of nitrogens with zero attached hydrogens (tertiary/aromatic N) is 1. The van der Waals surface area contributed by atoms with Gasteiger partial charge in [-0.05, 0) is 12.8 Å². The van der Waals surface area contributed by atoms with Crippen LogP contribution in [-0.2, 0) is 14.3 Å². The molecule has 0 rings (SSSR count). The third-order valence-electron chi connectivity index (χ3n) is 2.81. The second-order valence-corrected chi connectivity index (χ2v) is 4.51. The van der Waals surface area contributed by atoms with Gasteiger partial charge < -0.3 is 20.1 Å². The van der Waals surface area contributed by atoms with Crippen molar-refractivity contribution in [1.82, 2.24) is 10.2 Å². The van der Waals surface area contributed by atoms with Gasteiger partial charge in [0.2, 0.25) is 0 Å². The smallest absolute Gasteiger partial charge is 0.325 e. The number of rotatable bonds is 9. The topological polar surface area (TPSA) is 95.9 Å². The van der Waals surface area contributed by atoms with Gasteiger partial charge in [0.05, 0.1) is 13.0 Å². The van der Waals surface area contributed by atoms with Crippen LogP contribution >= 0.6 is 0 Å². The molecule has 0 saturated carbocycles. The molecule has 7 heteroatoms. The summed E-state index contributed by atoms with van der Waals surface area (Å²) in [5, 5.41) is 11.6. The number of carboxylic acid groups (broad SMARTS) is 1. The van der Waals surface area contributed by atoms with Crippen molar-refractivity contribution in [2.45, 2.75) is 33.1 Å². The second kappa shape index (κ2) is 10.1. The van der Waals surface area contributed by atoms with Gasteiger partial charge in [-0.2, -0.15) is 0 Å². The molecule has 0 bridgehead atoms. The van der Waals surface area contributed by atoms with Crippen LogP contribution in [0.1, 0.15) is 33.1 Å². The van der Waals surface area contributed by atoms with E-state index >= 15 is 0 Å². The number of methoxy groups -OCH3 is 1. The van der Waals surface area contributed by atoms with Gasteiger partial charge in [0, 0.05) is 13.1 Å². The Morgan fingerprint density at radius 2 is 1.90 bits per heavy atom. The van der Waals surface area contributed by atoms with Gasteiger partial charge >= 0.3 is 18.0 Å². The van der Waals surface area contributed by atoms with E-state index in [1.807, 2.05) is 13.8 Å². The number of carbonyl (C=O) groups excluding carboxylic acids is 2. The molecule has 1 atom stereocenters. The Balaban J connectivity index is 4.43. The summed E-state index contributed by atoms with van der Waals surface area (Å²) in [6, 6.07) is -0.445. The maximum absolute atomic E-state index is 11.9. The van der Waals surface area contributed by atoms with E-state index in [2.05, 4.69) is 10.1 Å². The lowest BCUT2D eigenvalue weighted by Crippen LogP contribution is -2.45. The molecule has 0 heterocycles. The lowest BCUT2D eigenvalue weighted by Gasteiger charge is -2.22. The highest BCUT2D eigenvalue weighted by molar-refractivity contribution is 5.81. The van der Waals surface area contributed by atoms with E-state index in [4.69, 9.17) is 5.11 Å². The SMILES string of the molecule is CCCC(CNC(=O)N(CCC)CC(=O)OC)C(=O)O. The molecular weight excluding hydrogens is 264 g/mol. The van der Waals surface area contributed by atoms with Crippen molar-refractivity contribution in [2.24, 2.45) is 5.92 Å². The molecule has 2 N–H and O–H groups in total. The van der Waals surface area contributed by atoms with Crippen molar-refractivity contribution in [1.29, 1.82) is 0 Å². The van der Waals surface area contributed by atoms with E-state index in [9.17, 15) is 14.4 Å². The first kappa shape index (κ1) is 18.2. The van der Waals surface area contributed by atoms with Crippen LogP contribution in [0.5, 0.6) is 0 Å². The number of aliphatic carboxylic acids is 1. The third kappa shape index (κ3) is 6.96. The maximum atomic E-state index is 11.9. The first-order chi connectivity index (χ1) is 9.46. The molecule has 0 spiro atoms. The molecule has 1 unspecified atom stereocenters. The summed E-state index contributed by atoms with van der Waals surface area (Å²) < 4.78 is 4.52. The van der Waals surface area contributed by atoms with Gasteiger partial charge in [-0.15, -0.1) is 0 Å². The number of esters is 1. The van der Waals surface area contributed by atoms with Crippen LogP contribution in [0, 0.1) is 5.92 Å². The highest BCUT2D eigenvalue weighted by Gasteiger charge is 2.20. The molecule has 0 saturated heterocycles. The number of nitrogens with one attached hydrogen (secondary N) is 1. The van der Waals surface area contributed by atoms with Crippen molar-refractivity contribution in [3.8, 4) is 0 Å². The summed E-state index contributed by atoms with van der Waals surface area (Å²) in [5.74, 6) is -2.04. The van der Waals surface area contributed by atoms with Crippen molar-refractivity contribution in [3.05, 3.63) is 0 Å². The van der Waals surface area contributed by atoms with Crippen LogP contribution in [0.15, 0.2) is 0 Å². The van der Waals surface area contributed by atoms with Gasteiger partial charge in [-0.1, -0.05) is 20.3 Å². The van der Waals surface area contributed by atoms with E-state index in [0.29, 0.717) is 19.4 Å². The molecule has 0 aliphatic rings. The van der Waals surface area contributed by atoms with E-state index in [0.717, 1.165) is 6.42 Å². The lowest BCUT2D eigenvalue weighted by atomic mass is 10.0. The van der Waals surface area contributed by atoms with Crippen molar-refractivity contribution in [3.63, 3.8) is 0 Å². The van der Waals surface area contributed by atoms with Gasteiger partial charge in [0.1, 0.15) is 6.54 Å². The predicted octanol–water partition coefficient (Wildman–Crippen LogP) is 1.08. The highest BCUT2D eigenvalue weighted by Crippen LogP contribution is 2.05. The van der Waals surface area contributed by atoms with Crippen LogP contribution < -0.4 is 5.32 Å². The van der Waals surface area contributed by atoms with Crippen molar-refractivity contribution in [2.75, 3.05) is 26.7 Å². The number of carbonyl (C=O) groups is 3. The molecule has 0 aromatic heterocycles. The van der Waals surface area contributed by atoms with Gasteiger partial charge in [-0.25, -0.2) is 4.79 Å². The van der Waals surface area contributed by atoms with Gasteiger partial charge in [0.25, 0.3) is 0 Å². The Morgan fingerprint density at radius 3 is 2.35 bits per heavy atom. The van der Waals surface area contributed by atoms with Crippen molar-refractivity contribution >= 4 is 18.0 Å². The summed E-state index contributed by atoms with van der Waals surface area (Å²) in [6.07, 6.45) is 1.93. The standard InChI is InChI=1S/C13H24N2O5/c1-4-6-10(12(17)18)8-14-13(19)15(7-5-2)9-11(16)20-3/h10H,4-9H2,1-3H3,(H,14,19)(H,17,18). The number of carboxylic acids is 1. The summed E-state index contributed by atoms with van der Waals surface area (Å²) >= 11 is 0. The quantitative estimate of drug-likeness (QED) is 0.619. The van der Waals surface area contributed by atoms with E-state index < -0.39 is 23.9 Å². The molecule has 7 nitrogen and oxygen atoms in total. The summed E-state index contributed by atoms with van der Waals surface area (Å²) in [6.45, 7) is 4.10. The summed E-state index contributed by atoms with van der Waals surface area (Å²) in [7, 11) is 1.26. The fraction of sp³-hybridized carbons (Fsp3) is 0.769. The second-order valence-electron chi connectivity index (χ2n) is 4.51. The molecule has 20 heavy (non-hydrogen) atoms. The van der Waals surface area contributed by atoms with Crippen LogP contribution in [0.2, 0.25) is 0 Å². The number of ether oxygens (including phenoxy) is 1. The number of hydrogen-bond donors (Lipinski definition) is 2. The average Bonchev–Trinajstić information content (AvgIpc) is 2.41. The van der Waals surface area contributed by atoms with Gasteiger partial charge in [0.15, 0.2) is 0 Å². The fourth-order valence-corrected chi connectivity index (χ4v) is 1.73. The van der Waals surface area contributed by atoms with E-state index in [-0.39, 0.29) is 13.1 Å². The Morgan fingerprint density at radius 1 is 1.25 bits per heavy atom. The number of urea groups is 1. The number of amides is 2. The van der Waals surface area contributed by atoms with Gasteiger partial charge in [-0.3, -0.25) is 9.59 Å². The molecule has 116 valence electrons. The van der Waals surface area contributed by atoms with Crippen molar-refractivity contribution < 1.29 is 24.2 Å². The number of hydrogen-bond acceptors (Lipinski definition) is 4. The Hall–Kier alpha value is -1.79. The molecule has 0 aliphatic carbocycles. The third-order valence-corrected chi connectivity index (χ3v) is 2.81. The summed E-state index contributed by atoms with van der Waals surface area (Å²) in [4.78, 5) is 35.4. The minimum absolute atomic E-state index is 0.0589. The average molecular weight is 288 g/mol. The maximum Gasteiger partial charge on any atom is 0.325 e. The monoisotopic (exact) mass is 288 g/mol. The first-order valence-electron chi connectivity index (χ1n) is 6.78. The zero-order valence-corrected chi connectivity index (χ0v) is 12.3. The lowest BCUT2D eigenvalue weighted by molar-refractivity contribution is -0.142. The zero-order valence-electron chi connectivity index (χ0n) is 12.3. The summed E-state index contributed by atoms with van der Waals surface area (Å²) in [5.41, 5.74) is 0. The molecule has 0 aliphatic heterocycles. The normalized spacial score (nSPS) is 11.6. The Labute approximate surface area is 119 Å². The molecule has 2 amide bonds. The largest absolute Gasteiger partial charge is 0.481 e. The molecule has 0 aromatic carbocycles. The minimum Gasteiger partial charge on any atom is -0.481 e. The first-order valence-corrected chi connectivity index (χ1v) is 6.78. The zero-order chi connectivity index (χ0) is 15.5. The highest BCUT2D eigenvalue weighted by atomic mass is 16.5. The molecular formula is C13H24N2O5. The Kier molecular flexibility index (Phi) is 9.15. The van der Waals surface area contributed by atoms with Crippen LogP contribution in [0.4, 0.5) is 4.79 Å². The molecule has 0 fully saturated rings. The van der Waals surface area contributed by atoms with E-state index in [1.54, 1.807) is 0 Å². The Bertz CT molecular complexity index is 333. The van der Waals surface area contributed by atoms with E-state index in [1.165, 1.54) is 12.0 Å². The fourth-order valence-electron chi connectivity index (χ4n) is 1.73. The van der Waals surface area contributed by atoms with Crippen LogP contribution in [0.25, 0.3) is 0 Å².